The second-order valence-electron chi connectivity index (χ2n) is 6.11. The van der Waals surface area contributed by atoms with Gasteiger partial charge in [0.05, 0.1) is 16.0 Å². The molecule has 0 fully saturated rings. The smallest absolute Gasteiger partial charge is 0.416 e. The normalized spacial score (nSPS) is 12.1. The second-order valence-corrected chi connectivity index (χ2v) is 8.12. The molecule has 5 nitrogen and oxygen atoms in total. The van der Waals surface area contributed by atoms with Crippen LogP contribution in [0.5, 0.6) is 5.75 Å². The van der Waals surface area contributed by atoms with E-state index < -0.39 is 21.6 Å². The first-order valence-electron chi connectivity index (χ1n) is 8.27. The van der Waals surface area contributed by atoms with Crippen LogP contribution < -0.4 is 10.1 Å². The van der Waals surface area contributed by atoms with Crippen LogP contribution in [-0.2, 0) is 16.0 Å². The summed E-state index contributed by atoms with van der Waals surface area (Å²) in [6, 6.07) is 11.2. The number of sulfone groups is 1. The number of hydrogen-bond donors (Lipinski definition) is 1. The molecule has 1 aromatic heterocycles. The van der Waals surface area contributed by atoms with Crippen LogP contribution in [-0.4, -0.2) is 32.8 Å². The van der Waals surface area contributed by atoms with Crippen molar-refractivity contribution in [2.24, 2.45) is 0 Å². The topological polar surface area (TPSA) is 68.3 Å². The molecule has 0 amide bonds. The highest BCUT2D eigenvalue weighted by Gasteiger charge is 2.30. The molecule has 0 bridgehead atoms. The number of pyridine rings is 1. The van der Waals surface area contributed by atoms with Gasteiger partial charge in [-0.3, -0.25) is 4.98 Å². The van der Waals surface area contributed by atoms with Crippen molar-refractivity contribution < 1.29 is 26.3 Å². The summed E-state index contributed by atoms with van der Waals surface area (Å²) in [6.07, 6.45) is -1.85. The van der Waals surface area contributed by atoms with Crippen molar-refractivity contribution in [2.75, 3.05) is 24.7 Å². The number of nitrogens with one attached hydrogen (secondary N) is 1. The van der Waals surface area contributed by atoms with E-state index >= 15 is 0 Å². The van der Waals surface area contributed by atoms with Gasteiger partial charge in [-0.2, -0.15) is 13.2 Å². The van der Waals surface area contributed by atoms with Crippen molar-refractivity contribution in [1.82, 2.24) is 4.98 Å². The fourth-order valence-corrected chi connectivity index (χ4v) is 3.25. The molecule has 3 aromatic rings. The second kappa shape index (κ2) is 7.67. The summed E-state index contributed by atoms with van der Waals surface area (Å²) in [7, 11) is -3.26. The van der Waals surface area contributed by atoms with Gasteiger partial charge >= 0.3 is 6.18 Å². The quantitative estimate of drug-likeness (QED) is 0.619. The van der Waals surface area contributed by atoms with Crippen molar-refractivity contribution in [1.29, 1.82) is 0 Å². The third-order valence-corrected chi connectivity index (χ3v) is 5.14. The van der Waals surface area contributed by atoms with E-state index in [1.165, 1.54) is 24.4 Å². The van der Waals surface area contributed by atoms with E-state index in [9.17, 15) is 21.6 Å². The Morgan fingerprint density at radius 3 is 2.43 bits per heavy atom. The number of hydrogen-bond acceptors (Lipinski definition) is 5. The van der Waals surface area contributed by atoms with Crippen molar-refractivity contribution in [2.45, 2.75) is 11.1 Å². The number of aromatic nitrogens is 1. The van der Waals surface area contributed by atoms with Gasteiger partial charge in [0.1, 0.15) is 12.4 Å². The van der Waals surface area contributed by atoms with Gasteiger partial charge in [0.25, 0.3) is 0 Å². The fourth-order valence-electron chi connectivity index (χ4n) is 2.62. The lowest BCUT2D eigenvalue weighted by molar-refractivity contribution is -0.137. The average Bonchev–Trinajstić information content (AvgIpc) is 2.64. The molecule has 3 rings (SSSR count). The molecule has 148 valence electrons. The SMILES string of the molecule is CS(=O)(=O)c1ccc(OCCNc2ccnc3cc(C(F)(F)F)ccc23)cc1. The highest BCUT2D eigenvalue weighted by molar-refractivity contribution is 7.90. The Morgan fingerprint density at radius 2 is 1.79 bits per heavy atom. The number of benzene rings is 2. The number of nitrogens with zero attached hydrogens (tertiary/aromatic N) is 1. The maximum atomic E-state index is 12.8. The first-order chi connectivity index (χ1) is 13.1. The molecule has 0 atom stereocenters. The molecule has 0 aliphatic heterocycles. The number of ether oxygens (including phenoxy) is 1. The van der Waals surface area contributed by atoms with Crippen LogP contribution in [0, 0.1) is 0 Å². The Balaban J connectivity index is 1.63. The molecule has 0 radical (unpaired) electrons. The molecule has 0 spiro atoms. The fraction of sp³-hybridized carbons (Fsp3) is 0.211. The maximum Gasteiger partial charge on any atom is 0.416 e. The Labute approximate surface area is 160 Å². The van der Waals surface area contributed by atoms with E-state index in [1.807, 2.05) is 0 Å². The van der Waals surface area contributed by atoms with Crippen molar-refractivity contribution in [3.05, 3.63) is 60.3 Å². The molecule has 1 heterocycles. The summed E-state index contributed by atoms with van der Waals surface area (Å²) in [5.74, 6) is 0.517. The molecular weight excluding hydrogens is 393 g/mol. The standard InChI is InChI=1S/C19H17F3N2O3S/c1-28(25,26)15-5-3-14(4-6-15)27-11-10-24-17-8-9-23-18-12-13(19(20,21)22)2-7-16(17)18/h2-9,12H,10-11H2,1H3,(H,23,24). The average molecular weight is 410 g/mol. The van der Waals surface area contributed by atoms with E-state index in [-0.39, 0.29) is 17.0 Å². The van der Waals surface area contributed by atoms with Gasteiger partial charge in [0.2, 0.25) is 0 Å². The highest BCUT2D eigenvalue weighted by Crippen LogP contribution is 2.32. The number of anilines is 1. The van der Waals surface area contributed by atoms with Crippen molar-refractivity contribution in [3.63, 3.8) is 0 Å². The van der Waals surface area contributed by atoms with Crippen LogP contribution in [0.25, 0.3) is 10.9 Å². The molecule has 0 aliphatic rings. The minimum absolute atomic E-state index is 0.208. The number of rotatable bonds is 6. The number of halogens is 3. The summed E-state index contributed by atoms with van der Waals surface area (Å²) in [6.45, 7) is 0.677. The predicted molar refractivity (Wildman–Crippen MR) is 100 cm³/mol. The molecule has 28 heavy (non-hydrogen) atoms. The summed E-state index contributed by atoms with van der Waals surface area (Å²) < 4.78 is 66.9. The van der Waals surface area contributed by atoms with Crippen molar-refractivity contribution >= 4 is 26.4 Å². The van der Waals surface area contributed by atoms with Gasteiger partial charge in [-0.1, -0.05) is 6.07 Å². The van der Waals surface area contributed by atoms with Crippen LogP contribution >= 0.6 is 0 Å². The van der Waals surface area contributed by atoms with Gasteiger partial charge in [0, 0.05) is 30.1 Å². The molecule has 0 unspecified atom stereocenters. The lowest BCUT2D eigenvalue weighted by Crippen LogP contribution is -2.12. The first kappa shape index (κ1) is 19.9. The van der Waals surface area contributed by atoms with Gasteiger partial charge in [0.15, 0.2) is 9.84 Å². The highest BCUT2D eigenvalue weighted by atomic mass is 32.2. The Bertz CT molecular complexity index is 1080. The van der Waals surface area contributed by atoms with Crippen LogP contribution in [0.2, 0.25) is 0 Å². The molecule has 1 N–H and O–H groups in total. The third-order valence-electron chi connectivity index (χ3n) is 4.01. The van der Waals surface area contributed by atoms with Gasteiger partial charge in [-0.25, -0.2) is 8.42 Å². The lowest BCUT2D eigenvalue weighted by atomic mass is 10.1. The van der Waals surface area contributed by atoms with Gasteiger partial charge in [-0.05, 0) is 42.5 Å². The Kier molecular flexibility index (Phi) is 5.46. The zero-order valence-electron chi connectivity index (χ0n) is 14.8. The molecule has 9 heteroatoms. The molecule has 0 aliphatic carbocycles. The van der Waals surface area contributed by atoms with E-state index in [0.717, 1.165) is 18.4 Å². The largest absolute Gasteiger partial charge is 0.492 e. The Hall–Kier alpha value is -2.81. The van der Waals surface area contributed by atoms with E-state index in [1.54, 1.807) is 18.2 Å². The van der Waals surface area contributed by atoms with E-state index in [0.29, 0.717) is 23.4 Å². The van der Waals surface area contributed by atoms with Crippen LogP contribution in [0.4, 0.5) is 18.9 Å². The van der Waals surface area contributed by atoms with Crippen molar-refractivity contribution in [3.8, 4) is 5.75 Å². The van der Waals surface area contributed by atoms with Gasteiger partial charge in [-0.15, -0.1) is 0 Å². The number of fused-ring (bicyclic) bond motifs is 1. The summed E-state index contributed by atoms with van der Waals surface area (Å²) >= 11 is 0. The zero-order valence-corrected chi connectivity index (χ0v) is 15.6. The van der Waals surface area contributed by atoms with E-state index in [2.05, 4.69) is 10.3 Å². The minimum Gasteiger partial charge on any atom is -0.492 e. The Morgan fingerprint density at radius 1 is 1.07 bits per heavy atom. The monoisotopic (exact) mass is 410 g/mol. The zero-order chi connectivity index (χ0) is 20.4. The predicted octanol–water partition coefficient (Wildman–Crippen LogP) is 4.15. The lowest BCUT2D eigenvalue weighted by Gasteiger charge is -2.12. The summed E-state index contributed by atoms with van der Waals surface area (Å²) in [5.41, 5.74) is 0.150. The third kappa shape index (κ3) is 4.72. The molecule has 0 saturated heterocycles. The maximum absolute atomic E-state index is 12.8. The van der Waals surface area contributed by atoms with Crippen LogP contribution in [0.15, 0.2) is 59.6 Å². The van der Waals surface area contributed by atoms with E-state index in [4.69, 9.17) is 4.74 Å². The van der Waals surface area contributed by atoms with Crippen LogP contribution in [0.1, 0.15) is 5.56 Å². The first-order valence-corrected chi connectivity index (χ1v) is 10.2. The minimum atomic E-state index is -4.42. The molecule has 0 saturated carbocycles. The number of alkyl halides is 3. The molecule has 2 aromatic carbocycles. The van der Waals surface area contributed by atoms with Gasteiger partial charge < -0.3 is 10.1 Å². The van der Waals surface area contributed by atoms with Crippen LogP contribution in [0.3, 0.4) is 0 Å². The summed E-state index contributed by atoms with van der Waals surface area (Å²) in [5, 5.41) is 3.69. The summed E-state index contributed by atoms with van der Waals surface area (Å²) in [4.78, 5) is 4.21. The molecular formula is C19H17F3N2O3S.